The largest absolute Gasteiger partial charge is 0.465 e. The molecule has 1 heterocycles. The lowest BCUT2D eigenvalue weighted by Crippen LogP contribution is -2.32. The van der Waals surface area contributed by atoms with Crippen molar-refractivity contribution in [3.05, 3.63) is 36.4 Å². The first-order valence-corrected chi connectivity index (χ1v) is 7.28. The van der Waals surface area contributed by atoms with Gasteiger partial charge in [0.15, 0.2) is 0 Å². The van der Waals surface area contributed by atoms with Crippen LogP contribution >= 0.6 is 0 Å². The van der Waals surface area contributed by atoms with E-state index in [-0.39, 0.29) is 17.9 Å². The lowest BCUT2D eigenvalue weighted by molar-refractivity contribution is -0.119. The summed E-state index contributed by atoms with van der Waals surface area (Å²) in [6, 6.07) is 11.3. The summed E-state index contributed by atoms with van der Waals surface area (Å²) in [7, 11) is 0. The number of hydrogen-bond acceptors (Lipinski definition) is 3. The van der Waals surface area contributed by atoms with Crippen molar-refractivity contribution in [1.29, 1.82) is 0 Å². The fourth-order valence-corrected chi connectivity index (χ4v) is 2.89. The zero-order valence-electron chi connectivity index (χ0n) is 12.0. The van der Waals surface area contributed by atoms with Gasteiger partial charge in [0.2, 0.25) is 5.91 Å². The molecule has 0 radical (unpaired) electrons. The Bertz CT molecular complexity index is 717. The third-order valence-corrected chi connectivity index (χ3v) is 3.98. The SMILES string of the molecule is O=C(O)N[C@H]1CC[C@@H](C(=O)Nc2ccc3ccccc3n2)C1. The quantitative estimate of drug-likeness (QED) is 0.812. The third-order valence-electron chi connectivity index (χ3n) is 3.98. The second kappa shape index (κ2) is 6.01. The fraction of sp³-hybridized carbons (Fsp3) is 0.312. The fourth-order valence-electron chi connectivity index (χ4n) is 2.89. The molecule has 1 aliphatic carbocycles. The Morgan fingerprint density at radius 2 is 1.95 bits per heavy atom. The third kappa shape index (κ3) is 3.16. The molecule has 1 aromatic carbocycles. The number of nitrogens with zero attached hydrogens (tertiary/aromatic N) is 1. The van der Waals surface area contributed by atoms with Gasteiger partial charge in [-0.25, -0.2) is 9.78 Å². The first-order chi connectivity index (χ1) is 10.6. The van der Waals surface area contributed by atoms with Gasteiger partial charge in [-0.05, 0) is 37.5 Å². The first kappa shape index (κ1) is 14.3. The van der Waals surface area contributed by atoms with Gasteiger partial charge in [0, 0.05) is 17.3 Å². The molecule has 3 N–H and O–H groups in total. The molecule has 1 saturated carbocycles. The number of anilines is 1. The van der Waals surface area contributed by atoms with E-state index in [9.17, 15) is 9.59 Å². The van der Waals surface area contributed by atoms with E-state index in [2.05, 4.69) is 15.6 Å². The Labute approximate surface area is 127 Å². The molecule has 0 unspecified atom stereocenters. The minimum absolute atomic E-state index is 0.0996. The number of fused-ring (bicyclic) bond motifs is 1. The Balaban J connectivity index is 1.64. The van der Waals surface area contributed by atoms with Crippen LogP contribution in [-0.4, -0.2) is 28.1 Å². The standard InChI is InChI=1S/C16H17N3O3/c20-15(11-5-7-12(9-11)17-16(21)22)19-14-8-6-10-3-1-2-4-13(10)18-14/h1-4,6,8,11-12,17H,5,7,9H2,(H,21,22)(H,18,19,20)/t11-,12+/m1/s1. The highest BCUT2D eigenvalue weighted by molar-refractivity contribution is 5.93. The number of carboxylic acid groups (broad SMARTS) is 1. The zero-order chi connectivity index (χ0) is 15.5. The van der Waals surface area contributed by atoms with Gasteiger partial charge in [-0.15, -0.1) is 0 Å². The van der Waals surface area contributed by atoms with Crippen LogP contribution in [0.15, 0.2) is 36.4 Å². The molecule has 2 atom stereocenters. The number of amides is 2. The lowest BCUT2D eigenvalue weighted by Gasteiger charge is -2.12. The van der Waals surface area contributed by atoms with Gasteiger partial charge in [-0.2, -0.15) is 0 Å². The molecule has 0 aliphatic heterocycles. The van der Waals surface area contributed by atoms with Crippen LogP contribution < -0.4 is 10.6 Å². The molecule has 0 saturated heterocycles. The van der Waals surface area contributed by atoms with E-state index in [0.717, 1.165) is 10.9 Å². The topological polar surface area (TPSA) is 91.3 Å². The summed E-state index contributed by atoms with van der Waals surface area (Å²) in [6.45, 7) is 0. The molecule has 114 valence electrons. The van der Waals surface area contributed by atoms with E-state index in [1.54, 1.807) is 6.07 Å². The second-order valence-corrected chi connectivity index (χ2v) is 5.53. The minimum Gasteiger partial charge on any atom is -0.465 e. The van der Waals surface area contributed by atoms with Crippen molar-refractivity contribution in [3.8, 4) is 0 Å². The van der Waals surface area contributed by atoms with E-state index in [0.29, 0.717) is 25.1 Å². The van der Waals surface area contributed by atoms with Gasteiger partial charge in [-0.3, -0.25) is 4.79 Å². The number of para-hydroxylation sites is 1. The molecular formula is C16H17N3O3. The molecule has 6 heteroatoms. The van der Waals surface area contributed by atoms with Crippen molar-refractivity contribution in [2.75, 3.05) is 5.32 Å². The average Bonchev–Trinajstić information content (AvgIpc) is 2.95. The van der Waals surface area contributed by atoms with Gasteiger partial charge < -0.3 is 15.7 Å². The number of carbonyl (C=O) groups is 2. The highest BCUT2D eigenvalue weighted by Crippen LogP contribution is 2.27. The molecule has 1 aromatic heterocycles. The second-order valence-electron chi connectivity index (χ2n) is 5.53. The summed E-state index contributed by atoms with van der Waals surface area (Å²) >= 11 is 0. The van der Waals surface area contributed by atoms with Crippen molar-refractivity contribution in [2.24, 2.45) is 5.92 Å². The van der Waals surface area contributed by atoms with Crippen LogP contribution in [0.1, 0.15) is 19.3 Å². The van der Waals surface area contributed by atoms with Gasteiger partial charge in [0.05, 0.1) is 5.52 Å². The maximum atomic E-state index is 12.3. The molecular weight excluding hydrogens is 282 g/mol. The van der Waals surface area contributed by atoms with Crippen molar-refractivity contribution in [1.82, 2.24) is 10.3 Å². The summed E-state index contributed by atoms with van der Waals surface area (Å²) in [5.74, 6) is 0.251. The zero-order valence-corrected chi connectivity index (χ0v) is 12.0. The first-order valence-electron chi connectivity index (χ1n) is 7.28. The Kier molecular flexibility index (Phi) is 3.91. The molecule has 2 aromatic rings. The Morgan fingerprint density at radius 3 is 2.77 bits per heavy atom. The van der Waals surface area contributed by atoms with Crippen LogP contribution in [0.5, 0.6) is 0 Å². The van der Waals surface area contributed by atoms with Crippen molar-refractivity contribution >= 4 is 28.7 Å². The van der Waals surface area contributed by atoms with E-state index in [1.165, 1.54) is 0 Å². The smallest absolute Gasteiger partial charge is 0.404 e. The monoisotopic (exact) mass is 299 g/mol. The molecule has 3 rings (SSSR count). The molecule has 1 fully saturated rings. The van der Waals surface area contributed by atoms with Crippen LogP contribution in [0.3, 0.4) is 0 Å². The van der Waals surface area contributed by atoms with Gasteiger partial charge in [0.1, 0.15) is 5.82 Å². The predicted octanol–water partition coefficient (Wildman–Crippen LogP) is 2.61. The summed E-state index contributed by atoms with van der Waals surface area (Å²) in [6.07, 6.45) is 0.869. The van der Waals surface area contributed by atoms with Gasteiger partial charge in [-0.1, -0.05) is 18.2 Å². The molecule has 22 heavy (non-hydrogen) atoms. The summed E-state index contributed by atoms with van der Waals surface area (Å²) in [5, 5.41) is 15.0. The number of pyridine rings is 1. The number of benzene rings is 1. The van der Waals surface area contributed by atoms with E-state index >= 15 is 0 Å². The highest BCUT2D eigenvalue weighted by atomic mass is 16.4. The maximum absolute atomic E-state index is 12.3. The average molecular weight is 299 g/mol. The van der Waals surface area contributed by atoms with Crippen LogP contribution in [0.25, 0.3) is 10.9 Å². The molecule has 0 spiro atoms. The van der Waals surface area contributed by atoms with Crippen LogP contribution in [0, 0.1) is 5.92 Å². The van der Waals surface area contributed by atoms with Crippen LogP contribution in [0.4, 0.5) is 10.6 Å². The number of rotatable bonds is 3. The number of carbonyl (C=O) groups excluding carboxylic acids is 1. The predicted molar refractivity (Wildman–Crippen MR) is 82.7 cm³/mol. The van der Waals surface area contributed by atoms with Gasteiger partial charge in [0.25, 0.3) is 0 Å². The summed E-state index contributed by atoms with van der Waals surface area (Å²) < 4.78 is 0. The lowest BCUT2D eigenvalue weighted by atomic mass is 10.1. The number of aromatic nitrogens is 1. The molecule has 6 nitrogen and oxygen atoms in total. The van der Waals surface area contributed by atoms with Gasteiger partial charge >= 0.3 is 6.09 Å². The molecule has 0 bridgehead atoms. The summed E-state index contributed by atoms with van der Waals surface area (Å²) in [5.41, 5.74) is 0.831. The van der Waals surface area contributed by atoms with Crippen LogP contribution in [-0.2, 0) is 4.79 Å². The van der Waals surface area contributed by atoms with Crippen molar-refractivity contribution in [2.45, 2.75) is 25.3 Å². The molecule has 1 aliphatic rings. The van der Waals surface area contributed by atoms with Crippen LogP contribution in [0.2, 0.25) is 0 Å². The minimum atomic E-state index is -1.04. The van der Waals surface area contributed by atoms with E-state index in [4.69, 9.17) is 5.11 Å². The maximum Gasteiger partial charge on any atom is 0.404 e. The number of nitrogens with one attached hydrogen (secondary N) is 2. The highest BCUT2D eigenvalue weighted by Gasteiger charge is 2.30. The Hall–Kier alpha value is -2.63. The van der Waals surface area contributed by atoms with Crippen molar-refractivity contribution < 1.29 is 14.7 Å². The normalized spacial score (nSPS) is 20.7. The number of hydrogen-bond donors (Lipinski definition) is 3. The Morgan fingerprint density at radius 1 is 1.14 bits per heavy atom. The van der Waals surface area contributed by atoms with E-state index < -0.39 is 6.09 Å². The summed E-state index contributed by atoms with van der Waals surface area (Å²) in [4.78, 5) is 27.3. The molecule has 2 amide bonds. The van der Waals surface area contributed by atoms with E-state index in [1.807, 2.05) is 30.3 Å². The van der Waals surface area contributed by atoms with Crippen molar-refractivity contribution in [3.63, 3.8) is 0 Å².